The third kappa shape index (κ3) is 2.63. The number of hydrogen-bond acceptors (Lipinski definition) is 3. The van der Waals surface area contributed by atoms with E-state index in [0.29, 0.717) is 24.7 Å². The van der Waals surface area contributed by atoms with Crippen LogP contribution in [0.1, 0.15) is 52.4 Å². The number of rotatable bonds is 2. The third-order valence-electron chi connectivity index (χ3n) is 6.22. The van der Waals surface area contributed by atoms with E-state index in [9.17, 15) is 9.59 Å². The Kier molecular flexibility index (Phi) is 4.14. The highest BCUT2D eigenvalue weighted by Crippen LogP contribution is 2.56. The Hall–Kier alpha value is -1.89. The molecule has 23 heavy (non-hydrogen) atoms. The summed E-state index contributed by atoms with van der Waals surface area (Å²) in [6.45, 7) is 4.19. The summed E-state index contributed by atoms with van der Waals surface area (Å²) in [5.41, 5.74) is 2.11. The van der Waals surface area contributed by atoms with Crippen LogP contribution < -0.4 is 5.32 Å². The quantitative estimate of drug-likeness (QED) is 0.850. The fourth-order valence-electron chi connectivity index (χ4n) is 4.99. The number of hydrogen-bond donors (Lipinski definition) is 1. The second-order valence-electron chi connectivity index (χ2n) is 7.43. The van der Waals surface area contributed by atoms with Gasteiger partial charge >= 0.3 is 0 Å². The number of amides is 1. The molecule has 1 unspecified atom stereocenters. The molecule has 0 spiro atoms. The highest BCUT2D eigenvalue weighted by atomic mass is 16.1. The lowest BCUT2D eigenvalue weighted by molar-refractivity contribution is -0.128. The van der Waals surface area contributed by atoms with Gasteiger partial charge in [-0.3, -0.25) is 9.59 Å². The molecule has 0 aromatic carbocycles. The van der Waals surface area contributed by atoms with E-state index in [2.05, 4.69) is 18.3 Å². The summed E-state index contributed by atoms with van der Waals surface area (Å²) in [6, 6.07) is 2.25. The number of carbonyl (C=O) groups is 2. The van der Waals surface area contributed by atoms with Crippen LogP contribution >= 0.6 is 0 Å². The van der Waals surface area contributed by atoms with Crippen LogP contribution in [-0.4, -0.2) is 11.7 Å². The molecule has 2 aliphatic carbocycles. The molecule has 4 heteroatoms. The van der Waals surface area contributed by atoms with Gasteiger partial charge < -0.3 is 5.32 Å². The van der Waals surface area contributed by atoms with Gasteiger partial charge in [0.25, 0.3) is 0 Å². The van der Waals surface area contributed by atoms with Crippen LogP contribution in [0.3, 0.4) is 0 Å². The predicted octanol–water partition coefficient (Wildman–Crippen LogP) is 3.26. The lowest BCUT2D eigenvalue weighted by Gasteiger charge is -2.50. The van der Waals surface area contributed by atoms with Gasteiger partial charge in [-0.05, 0) is 56.1 Å². The summed E-state index contributed by atoms with van der Waals surface area (Å²) in [6.07, 6.45) is 8.13. The van der Waals surface area contributed by atoms with Crippen LogP contribution in [0.2, 0.25) is 0 Å². The van der Waals surface area contributed by atoms with Crippen molar-refractivity contribution in [1.29, 1.82) is 5.26 Å². The molecule has 0 aromatic rings. The van der Waals surface area contributed by atoms with Gasteiger partial charge in [-0.25, -0.2) is 0 Å². The van der Waals surface area contributed by atoms with Gasteiger partial charge in [0.1, 0.15) is 0 Å². The average Bonchev–Trinajstić information content (AvgIpc) is 2.65. The number of carbonyl (C=O) groups excluding carboxylic acids is 2. The first kappa shape index (κ1) is 16.0. The zero-order valence-electron chi connectivity index (χ0n) is 13.9. The van der Waals surface area contributed by atoms with Crippen LogP contribution in [-0.2, 0) is 9.59 Å². The number of nitriles is 1. The lowest BCUT2D eigenvalue weighted by Crippen LogP contribution is -2.48. The average molecular weight is 312 g/mol. The van der Waals surface area contributed by atoms with E-state index in [1.165, 1.54) is 5.57 Å². The summed E-state index contributed by atoms with van der Waals surface area (Å²) >= 11 is 0. The maximum absolute atomic E-state index is 12.8. The number of nitrogens with one attached hydrogen (secondary N) is 1. The first-order chi connectivity index (χ1) is 11.0. The number of nitrogens with zero attached hydrogens (tertiary/aromatic N) is 1. The Morgan fingerprint density at radius 1 is 1.39 bits per heavy atom. The molecule has 0 saturated heterocycles. The molecule has 3 aliphatic rings. The molecule has 1 amide bonds. The standard InChI is InChI=1S/C19H24N2O2/c1-12-10-16(22)18-15(14(12)4-3-9-20)6-5-13-11-21-17(23)7-8-19(13,18)2/h10-11,14-15,18H,3-8H2,1-2H3,(H,21,23)/t14-,15+,18?,19+/m1/s1. The van der Waals surface area contributed by atoms with Gasteiger partial charge in [0, 0.05) is 30.4 Å². The van der Waals surface area contributed by atoms with E-state index in [-0.39, 0.29) is 23.0 Å². The van der Waals surface area contributed by atoms with Crippen molar-refractivity contribution < 1.29 is 9.59 Å². The SMILES string of the molecule is CC1=CC(=O)C2[C@@H](CCC3=CNC(=O)CC[C@@]32C)[C@@H]1CCC#N. The van der Waals surface area contributed by atoms with Crippen molar-refractivity contribution in [2.45, 2.75) is 52.4 Å². The first-order valence-corrected chi connectivity index (χ1v) is 8.55. The van der Waals surface area contributed by atoms with Crippen LogP contribution in [0, 0.1) is 34.5 Å². The Labute approximate surface area is 137 Å². The largest absolute Gasteiger partial charge is 0.333 e. The minimum Gasteiger partial charge on any atom is -0.333 e. The van der Waals surface area contributed by atoms with Crippen molar-refractivity contribution in [3.8, 4) is 6.07 Å². The summed E-state index contributed by atoms with van der Waals surface area (Å²) in [4.78, 5) is 24.6. The van der Waals surface area contributed by atoms with E-state index in [0.717, 1.165) is 31.3 Å². The molecule has 1 heterocycles. The van der Waals surface area contributed by atoms with Gasteiger partial charge in [-0.2, -0.15) is 5.26 Å². The molecular weight excluding hydrogens is 288 g/mol. The molecular formula is C19H24N2O2. The Morgan fingerprint density at radius 3 is 2.91 bits per heavy atom. The van der Waals surface area contributed by atoms with Crippen molar-refractivity contribution >= 4 is 11.7 Å². The van der Waals surface area contributed by atoms with Gasteiger partial charge in [0.2, 0.25) is 5.91 Å². The second-order valence-corrected chi connectivity index (χ2v) is 7.43. The summed E-state index contributed by atoms with van der Waals surface area (Å²) < 4.78 is 0. The summed E-state index contributed by atoms with van der Waals surface area (Å²) in [7, 11) is 0. The van der Waals surface area contributed by atoms with Crippen molar-refractivity contribution in [3.63, 3.8) is 0 Å². The fraction of sp³-hybridized carbons (Fsp3) is 0.632. The van der Waals surface area contributed by atoms with E-state index >= 15 is 0 Å². The van der Waals surface area contributed by atoms with Crippen molar-refractivity contribution in [2.75, 3.05) is 0 Å². The lowest BCUT2D eigenvalue weighted by atomic mass is 9.52. The van der Waals surface area contributed by atoms with E-state index in [1.54, 1.807) is 6.08 Å². The smallest absolute Gasteiger partial charge is 0.223 e. The minimum absolute atomic E-state index is 0.0423. The zero-order valence-corrected chi connectivity index (χ0v) is 13.9. The molecule has 4 nitrogen and oxygen atoms in total. The van der Waals surface area contributed by atoms with Gasteiger partial charge in [-0.15, -0.1) is 0 Å². The van der Waals surface area contributed by atoms with E-state index < -0.39 is 0 Å². The molecule has 0 bridgehead atoms. The molecule has 4 atom stereocenters. The monoisotopic (exact) mass is 312 g/mol. The van der Waals surface area contributed by atoms with Crippen molar-refractivity contribution in [1.82, 2.24) is 5.32 Å². The molecule has 1 aliphatic heterocycles. The highest BCUT2D eigenvalue weighted by Gasteiger charge is 2.52. The Bertz CT molecular complexity index is 640. The van der Waals surface area contributed by atoms with Crippen LogP contribution in [0.25, 0.3) is 0 Å². The highest BCUT2D eigenvalue weighted by molar-refractivity contribution is 5.95. The van der Waals surface area contributed by atoms with Crippen molar-refractivity contribution in [2.24, 2.45) is 23.2 Å². The molecule has 1 fully saturated rings. The first-order valence-electron chi connectivity index (χ1n) is 8.55. The maximum Gasteiger partial charge on any atom is 0.223 e. The molecule has 3 rings (SSSR count). The third-order valence-corrected chi connectivity index (χ3v) is 6.22. The van der Waals surface area contributed by atoms with Crippen LogP contribution in [0.4, 0.5) is 0 Å². The topological polar surface area (TPSA) is 70.0 Å². The Balaban J connectivity index is 1.99. The van der Waals surface area contributed by atoms with Crippen molar-refractivity contribution in [3.05, 3.63) is 23.4 Å². The summed E-state index contributed by atoms with van der Waals surface area (Å²) in [5, 5.41) is 11.8. The second kappa shape index (κ2) is 5.96. The molecule has 0 aromatic heterocycles. The summed E-state index contributed by atoms with van der Waals surface area (Å²) in [5.74, 6) is 0.824. The molecule has 1 N–H and O–H groups in total. The minimum atomic E-state index is -0.235. The zero-order chi connectivity index (χ0) is 16.6. The normalized spacial score (nSPS) is 36.7. The van der Waals surface area contributed by atoms with Gasteiger partial charge in [0.05, 0.1) is 6.07 Å². The molecule has 1 saturated carbocycles. The number of fused-ring (bicyclic) bond motifs is 3. The Morgan fingerprint density at radius 2 is 2.17 bits per heavy atom. The predicted molar refractivity (Wildman–Crippen MR) is 86.9 cm³/mol. The number of ketones is 1. The van der Waals surface area contributed by atoms with Gasteiger partial charge in [0.15, 0.2) is 5.78 Å². The molecule has 0 radical (unpaired) electrons. The van der Waals surface area contributed by atoms with E-state index in [1.807, 2.05) is 13.1 Å². The maximum atomic E-state index is 12.8. The van der Waals surface area contributed by atoms with E-state index in [4.69, 9.17) is 5.26 Å². The fourth-order valence-corrected chi connectivity index (χ4v) is 4.99. The van der Waals surface area contributed by atoms with Crippen LogP contribution in [0.5, 0.6) is 0 Å². The molecule has 122 valence electrons. The number of allylic oxidation sites excluding steroid dienone is 3. The van der Waals surface area contributed by atoms with Gasteiger partial charge in [-0.1, -0.05) is 12.5 Å². The van der Waals surface area contributed by atoms with Crippen LogP contribution in [0.15, 0.2) is 23.4 Å².